The fourth-order valence-electron chi connectivity index (χ4n) is 1.42. The Morgan fingerprint density at radius 1 is 1.12 bits per heavy atom. The SMILES string of the molecule is N#Cc1ccc(N)c(Nc2ccc(I)cc2)c1. The van der Waals surface area contributed by atoms with E-state index in [2.05, 4.69) is 34.0 Å². The number of benzene rings is 2. The normalized spacial score (nSPS) is 9.65. The second kappa shape index (κ2) is 5.06. The first-order valence-corrected chi connectivity index (χ1v) is 6.09. The van der Waals surface area contributed by atoms with Gasteiger partial charge in [0.05, 0.1) is 23.0 Å². The van der Waals surface area contributed by atoms with Crippen molar-refractivity contribution in [2.24, 2.45) is 0 Å². The highest BCUT2D eigenvalue weighted by atomic mass is 127. The Morgan fingerprint density at radius 3 is 2.47 bits per heavy atom. The van der Waals surface area contributed by atoms with Gasteiger partial charge in [-0.2, -0.15) is 5.26 Å². The Kier molecular flexibility index (Phi) is 3.49. The van der Waals surface area contributed by atoms with E-state index in [1.54, 1.807) is 18.2 Å². The lowest BCUT2D eigenvalue weighted by Crippen LogP contribution is -1.96. The molecule has 0 aliphatic rings. The summed E-state index contributed by atoms with van der Waals surface area (Å²) in [7, 11) is 0. The molecule has 2 rings (SSSR count). The molecule has 2 aromatic rings. The van der Waals surface area contributed by atoms with Crippen LogP contribution in [0, 0.1) is 14.9 Å². The van der Waals surface area contributed by atoms with Gasteiger partial charge in [-0.15, -0.1) is 0 Å². The van der Waals surface area contributed by atoms with Crippen LogP contribution < -0.4 is 11.1 Å². The Hall–Kier alpha value is -1.74. The zero-order valence-corrected chi connectivity index (χ0v) is 11.1. The summed E-state index contributed by atoms with van der Waals surface area (Å²) >= 11 is 2.25. The molecule has 0 aliphatic carbocycles. The minimum absolute atomic E-state index is 0.590. The van der Waals surface area contributed by atoms with Crippen LogP contribution in [0.5, 0.6) is 0 Å². The van der Waals surface area contributed by atoms with Crippen LogP contribution in [0.3, 0.4) is 0 Å². The molecule has 0 fully saturated rings. The first-order valence-electron chi connectivity index (χ1n) is 5.01. The number of nitrogens with one attached hydrogen (secondary N) is 1. The van der Waals surface area contributed by atoms with Crippen molar-refractivity contribution in [2.75, 3.05) is 11.1 Å². The molecule has 0 unspecified atom stereocenters. The molecule has 0 aromatic heterocycles. The number of hydrogen-bond donors (Lipinski definition) is 2. The second-order valence-electron chi connectivity index (χ2n) is 3.55. The smallest absolute Gasteiger partial charge is 0.0992 e. The van der Waals surface area contributed by atoms with E-state index >= 15 is 0 Å². The van der Waals surface area contributed by atoms with Crippen molar-refractivity contribution in [3.63, 3.8) is 0 Å². The Labute approximate surface area is 113 Å². The fourth-order valence-corrected chi connectivity index (χ4v) is 1.78. The van der Waals surface area contributed by atoms with Crippen molar-refractivity contribution < 1.29 is 0 Å². The topological polar surface area (TPSA) is 61.8 Å². The van der Waals surface area contributed by atoms with E-state index in [1.165, 1.54) is 3.57 Å². The van der Waals surface area contributed by atoms with Crippen LogP contribution in [0.2, 0.25) is 0 Å². The molecule has 0 aliphatic heterocycles. The number of hydrogen-bond acceptors (Lipinski definition) is 3. The molecule has 3 nitrogen and oxygen atoms in total. The highest BCUT2D eigenvalue weighted by molar-refractivity contribution is 14.1. The maximum atomic E-state index is 8.84. The number of rotatable bonds is 2. The van der Waals surface area contributed by atoms with Crippen LogP contribution in [0.4, 0.5) is 17.1 Å². The first kappa shape index (κ1) is 11.7. The van der Waals surface area contributed by atoms with Crippen LogP contribution >= 0.6 is 22.6 Å². The zero-order valence-electron chi connectivity index (χ0n) is 8.94. The van der Waals surface area contributed by atoms with Gasteiger partial charge in [0.2, 0.25) is 0 Å². The molecule has 0 saturated heterocycles. The van der Waals surface area contributed by atoms with Gasteiger partial charge in [-0.1, -0.05) is 0 Å². The summed E-state index contributed by atoms with van der Waals surface area (Å²) < 4.78 is 1.17. The molecular formula is C13H10IN3. The minimum atomic E-state index is 0.590. The predicted molar refractivity (Wildman–Crippen MR) is 78.0 cm³/mol. The third-order valence-electron chi connectivity index (χ3n) is 2.31. The number of anilines is 3. The van der Waals surface area contributed by atoms with Crippen molar-refractivity contribution in [3.8, 4) is 6.07 Å². The van der Waals surface area contributed by atoms with Gasteiger partial charge in [-0.3, -0.25) is 0 Å². The Bertz CT molecular complexity index is 570. The van der Waals surface area contributed by atoms with Crippen molar-refractivity contribution in [1.29, 1.82) is 5.26 Å². The monoisotopic (exact) mass is 335 g/mol. The number of nitrogen functional groups attached to an aromatic ring is 1. The molecule has 0 spiro atoms. The van der Waals surface area contributed by atoms with Gasteiger partial charge in [-0.05, 0) is 65.1 Å². The van der Waals surface area contributed by atoms with E-state index in [-0.39, 0.29) is 0 Å². The number of nitrogens with two attached hydrogens (primary N) is 1. The van der Waals surface area contributed by atoms with Gasteiger partial charge in [0.1, 0.15) is 0 Å². The van der Waals surface area contributed by atoms with Crippen LogP contribution in [0.15, 0.2) is 42.5 Å². The molecule has 84 valence electrons. The van der Waals surface area contributed by atoms with Crippen LogP contribution in [0.1, 0.15) is 5.56 Å². The van der Waals surface area contributed by atoms with Gasteiger partial charge in [-0.25, -0.2) is 0 Å². The van der Waals surface area contributed by atoms with Crippen molar-refractivity contribution >= 4 is 39.7 Å². The van der Waals surface area contributed by atoms with E-state index in [0.717, 1.165) is 11.4 Å². The predicted octanol–water partition coefficient (Wildman–Crippen LogP) is 3.49. The highest BCUT2D eigenvalue weighted by Gasteiger charge is 2.01. The minimum Gasteiger partial charge on any atom is -0.397 e. The Morgan fingerprint density at radius 2 is 1.82 bits per heavy atom. The van der Waals surface area contributed by atoms with E-state index in [4.69, 9.17) is 11.0 Å². The van der Waals surface area contributed by atoms with Gasteiger partial charge < -0.3 is 11.1 Å². The van der Waals surface area contributed by atoms with Crippen molar-refractivity contribution in [2.45, 2.75) is 0 Å². The summed E-state index contributed by atoms with van der Waals surface area (Å²) in [6.07, 6.45) is 0. The zero-order chi connectivity index (χ0) is 12.3. The number of nitrogens with zero attached hydrogens (tertiary/aromatic N) is 1. The molecular weight excluding hydrogens is 325 g/mol. The van der Waals surface area contributed by atoms with E-state index in [0.29, 0.717) is 11.3 Å². The van der Waals surface area contributed by atoms with Crippen molar-refractivity contribution in [1.82, 2.24) is 0 Å². The average Bonchev–Trinajstić information content (AvgIpc) is 2.35. The van der Waals surface area contributed by atoms with Crippen molar-refractivity contribution in [3.05, 3.63) is 51.6 Å². The molecule has 0 heterocycles. The Balaban J connectivity index is 2.29. The molecule has 0 atom stereocenters. The summed E-state index contributed by atoms with van der Waals surface area (Å²) in [4.78, 5) is 0. The molecule has 0 bridgehead atoms. The lowest BCUT2D eigenvalue weighted by molar-refractivity contribution is 1.47. The van der Waals surface area contributed by atoms with E-state index in [1.807, 2.05) is 24.3 Å². The van der Waals surface area contributed by atoms with Gasteiger partial charge in [0.15, 0.2) is 0 Å². The molecule has 0 amide bonds. The number of nitriles is 1. The van der Waals surface area contributed by atoms with Crippen LogP contribution in [-0.2, 0) is 0 Å². The second-order valence-corrected chi connectivity index (χ2v) is 4.79. The maximum Gasteiger partial charge on any atom is 0.0992 e. The molecule has 0 radical (unpaired) electrons. The van der Waals surface area contributed by atoms with Crippen LogP contribution in [-0.4, -0.2) is 0 Å². The highest BCUT2D eigenvalue weighted by Crippen LogP contribution is 2.24. The number of halogens is 1. The molecule has 3 N–H and O–H groups in total. The third-order valence-corrected chi connectivity index (χ3v) is 3.02. The lowest BCUT2D eigenvalue weighted by atomic mass is 10.2. The molecule has 17 heavy (non-hydrogen) atoms. The first-order chi connectivity index (χ1) is 8.19. The largest absolute Gasteiger partial charge is 0.397 e. The van der Waals surface area contributed by atoms with Gasteiger partial charge in [0.25, 0.3) is 0 Å². The molecule has 0 saturated carbocycles. The third kappa shape index (κ3) is 2.88. The lowest BCUT2D eigenvalue weighted by Gasteiger charge is -2.09. The summed E-state index contributed by atoms with van der Waals surface area (Å²) in [6, 6.07) is 15.2. The van der Waals surface area contributed by atoms with Gasteiger partial charge in [0, 0.05) is 9.26 Å². The van der Waals surface area contributed by atoms with Crippen LogP contribution in [0.25, 0.3) is 0 Å². The quantitative estimate of drug-likeness (QED) is 0.652. The van der Waals surface area contributed by atoms with E-state index < -0.39 is 0 Å². The standard InChI is InChI=1S/C13H10IN3/c14-10-2-4-11(5-3-10)17-13-7-9(8-15)1-6-12(13)16/h1-7,17H,16H2. The van der Waals surface area contributed by atoms with E-state index in [9.17, 15) is 0 Å². The summed E-state index contributed by atoms with van der Waals surface area (Å²) in [5, 5.41) is 12.0. The summed E-state index contributed by atoms with van der Waals surface area (Å²) in [6.45, 7) is 0. The molecule has 2 aromatic carbocycles. The van der Waals surface area contributed by atoms with Gasteiger partial charge >= 0.3 is 0 Å². The average molecular weight is 335 g/mol. The summed E-state index contributed by atoms with van der Waals surface area (Å²) in [5.74, 6) is 0. The fraction of sp³-hybridized carbons (Fsp3) is 0. The maximum absolute atomic E-state index is 8.84. The molecule has 4 heteroatoms. The summed E-state index contributed by atoms with van der Waals surface area (Å²) in [5.41, 5.74) is 8.77.